The number of likely N-dealkylation sites (N-methyl/N-ethyl adjacent to an activating group) is 1. The average Bonchev–Trinajstić information content (AvgIpc) is 3.23. The van der Waals surface area contributed by atoms with Crippen LogP contribution >= 0.6 is 0 Å². The normalized spacial score (nSPS) is 21.8. The number of ether oxygens (including phenoxy) is 2. The zero-order valence-corrected chi connectivity index (χ0v) is 19.3. The molecule has 4 N–H and O–H groups in total. The molecule has 1 aliphatic heterocycles. The highest BCUT2D eigenvalue weighted by Crippen LogP contribution is 2.33. The molecule has 1 saturated heterocycles. The molecule has 176 valence electrons. The van der Waals surface area contributed by atoms with Gasteiger partial charge in [0.1, 0.15) is 5.82 Å². The molecular weight excluding hydrogens is 425 g/mol. The van der Waals surface area contributed by atoms with Gasteiger partial charge in [-0.15, -0.1) is 0 Å². The summed E-state index contributed by atoms with van der Waals surface area (Å²) in [7, 11) is 4.04. The number of nitrogens with zero attached hydrogens (tertiary/aromatic N) is 4. The first kappa shape index (κ1) is 23.2. The Balaban J connectivity index is 1.67. The van der Waals surface area contributed by atoms with Crippen LogP contribution in [-0.2, 0) is 9.47 Å². The van der Waals surface area contributed by atoms with Crippen molar-refractivity contribution in [2.24, 2.45) is 5.73 Å². The van der Waals surface area contributed by atoms with E-state index in [2.05, 4.69) is 32.1 Å². The first-order valence-electron chi connectivity index (χ1n) is 10.8. The van der Waals surface area contributed by atoms with Crippen molar-refractivity contribution in [3.05, 3.63) is 48.2 Å². The topological polar surface area (TPSA) is 114 Å². The molecule has 4 rings (SSSR count). The van der Waals surface area contributed by atoms with Crippen LogP contribution in [0.4, 0.5) is 10.3 Å². The predicted molar refractivity (Wildman–Crippen MR) is 124 cm³/mol. The van der Waals surface area contributed by atoms with Crippen molar-refractivity contribution in [3.63, 3.8) is 0 Å². The van der Waals surface area contributed by atoms with Gasteiger partial charge in [0, 0.05) is 24.3 Å². The lowest BCUT2D eigenvalue weighted by molar-refractivity contribution is -0.211. The third-order valence-corrected chi connectivity index (χ3v) is 5.54. The Morgan fingerprint density at radius 2 is 1.91 bits per heavy atom. The van der Waals surface area contributed by atoms with E-state index in [1.165, 1.54) is 12.1 Å². The van der Waals surface area contributed by atoms with Crippen molar-refractivity contribution >= 4 is 5.95 Å². The van der Waals surface area contributed by atoms with E-state index in [1.54, 1.807) is 24.4 Å². The molecule has 1 fully saturated rings. The quantitative estimate of drug-likeness (QED) is 0.498. The van der Waals surface area contributed by atoms with Crippen molar-refractivity contribution in [2.45, 2.75) is 31.7 Å². The van der Waals surface area contributed by atoms with Gasteiger partial charge in [-0.2, -0.15) is 0 Å². The maximum absolute atomic E-state index is 13.5. The van der Waals surface area contributed by atoms with Gasteiger partial charge >= 0.3 is 0 Å². The number of H-pyrrole nitrogens is 1. The number of hydrogen-bond donors (Lipinski definition) is 3. The summed E-state index contributed by atoms with van der Waals surface area (Å²) in [6.07, 6.45) is 1.00. The largest absolute Gasteiger partial charge is 0.353 e. The molecule has 0 spiro atoms. The number of nitrogens with one attached hydrogen (secondary N) is 2. The second-order valence-electron chi connectivity index (χ2n) is 8.92. The molecule has 0 amide bonds. The monoisotopic (exact) mass is 455 g/mol. The number of anilines is 1. The fourth-order valence-corrected chi connectivity index (χ4v) is 3.29. The molecular formula is C23H30FN7O2. The summed E-state index contributed by atoms with van der Waals surface area (Å²) < 4.78 is 25.1. The van der Waals surface area contributed by atoms with Gasteiger partial charge in [0.2, 0.25) is 12.2 Å². The van der Waals surface area contributed by atoms with Crippen molar-refractivity contribution in [2.75, 3.05) is 39.2 Å². The molecule has 1 aliphatic rings. The number of rotatable bonds is 7. The van der Waals surface area contributed by atoms with Gasteiger partial charge in [-0.3, -0.25) is 0 Å². The molecule has 10 heteroatoms. The third kappa shape index (κ3) is 5.53. The van der Waals surface area contributed by atoms with Crippen LogP contribution in [0.2, 0.25) is 0 Å². The van der Waals surface area contributed by atoms with E-state index in [9.17, 15) is 4.39 Å². The Hall–Kier alpha value is -2.92. The smallest absolute Gasteiger partial charge is 0.223 e. The lowest BCUT2D eigenvalue weighted by atomic mass is 10.1. The lowest BCUT2D eigenvalue weighted by Gasteiger charge is -2.33. The fourth-order valence-electron chi connectivity index (χ4n) is 3.29. The van der Waals surface area contributed by atoms with E-state index in [-0.39, 0.29) is 5.82 Å². The predicted octanol–water partition coefficient (Wildman–Crippen LogP) is 2.80. The Morgan fingerprint density at radius 3 is 2.58 bits per heavy atom. The van der Waals surface area contributed by atoms with Crippen molar-refractivity contribution in [3.8, 4) is 22.6 Å². The minimum Gasteiger partial charge on any atom is -0.353 e. The van der Waals surface area contributed by atoms with Crippen LogP contribution in [0, 0.1) is 5.82 Å². The number of aromatic nitrogens is 4. The van der Waals surface area contributed by atoms with Gasteiger partial charge in [-0.05, 0) is 58.3 Å². The van der Waals surface area contributed by atoms with Crippen LogP contribution in [0.5, 0.6) is 0 Å². The molecule has 1 atom stereocenters. The van der Waals surface area contributed by atoms with E-state index >= 15 is 0 Å². The van der Waals surface area contributed by atoms with Gasteiger partial charge < -0.3 is 30.4 Å². The number of benzene rings is 1. The zero-order chi connectivity index (χ0) is 23.6. The summed E-state index contributed by atoms with van der Waals surface area (Å²) in [5.41, 5.74) is 8.20. The van der Waals surface area contributed by atoms with Gasteiger partial charge in [0.25, 0.3) is 0 Å². The summed E-state index contributed by atoms with van der Waals surface area (Å²) in [6.45, 7) is 5.35. The number of aromatic amines is 1. The van der Waals surface area contributed by atoms with Crippen LogP contribution in [-0.4, -0.2) is 70.3 Å². The van der Waals surface area contributed by atoms with Crippen LogP contribution in [0.25, 0.3) is 22.6 Å². The van der Waals surface area contributed by atoms with Gasteiger partial charge in [-0.25, -0.2) is 19.3 Å². The average molecular weight is 456 g/mol. The van der Waals surface area contributed by atoms with Crippen molar-refractivity contribution in [1.29, 1.82) is 0 Å². The fraction of sp³-hybridized carbons (Fsp3) is 0.435. The van der Waals surface area contributed by atoms with Gasteiger partial charge in [0.05, 0.1) is 35.8 Å². The molecule has 2 aromatic heterocycles. The van der Waals surface area contributed by atoms with E-state index in [0.717, 1.165) is 5.56 Å². The summed E-state index contributed by atoms with van der Waals surface area (Å²) in [4.78, 5) is 19.1. The summed E-state index contributed by atoms with van der Waals surface area (Å²) in [5.74, 6) is 0.682. The molecule has 0 radical (unpaired) electrons. The Labute approximate surface area is 192 Å². The number of halogens is 1. The molecule has 3 aromatic rings. The molecule has 0 saturated carbocycles. The second kappa shape index (κ2) is 9.52. The van der Waals surface area contributed by atoms with Crippen LogP contribution < -0.4 is 11.1 Å². The maximum Gasteiger partial charge on any atom is 0.223 e. The number of hydrogen-bond acceptors (Lipinski definition) is 8. The molecule has 0 bridgehead atoms. The SMILES string of the molecule is CC(CNc1nccc(-c2[nH]c(C3OCC(C)(N)CO3)nc2-c2ccc(F)cc2)n1)N(C)C. The molecule has 1 unspecified atom stereocenters. The van der Waals surface area contributed by atoms with Crippen molar-refractivity contribution < 1.29 is 13.9 Å². The summed E-state index contributed by atoms with van der Waals surface area (Å²) >= 11 is 0. The minimum atomic E-state index is -0.685. The lowest BCUT2D eigenvalue weighted by Crippen LogP contribution is -2.50. The van der Waals surface area contributed by atoms with Gasteiger partial charge in [-0.1, -0.05) is 0 Å². The third-order valence-electron chi connectivity index (χ3n) is 5.54. The highest BCUT2D eigenvalue weighted by molar-refractivity contribution is 5.77. The maximum atomic E-state index is 13.5. The van der Waals surface area contributed by atoms with E-state index in [1.807, 2.05) is 21.0 Å². The molecule has 0 aliphatic carbocycles. The second-order valence-corrected chi connectivity index (χ2v) is 8.92. The molecule has 33 heavy (non-hydrogen) atoms. The van der Waals surface area contributed by atoms with Crippen molar-refractivity contribution in [1.82, 2.24) is 24.8 Å². The standard InChI is InChI=1S/C23H30FN7O2/c1-14(31(3)4)11-27-22-26-10-9-17(28-22)19-18(15-5-7-16(24)8-6-15)29-20(30-19)21-32-12-23(2,25)13-33-21/h5-10,14,21H,11-13,25H2,1-4H3,(H,29,30)(H,26,27,28). The van der Waals surface area contributed by atoms with E-state index in [4.69, 9.17) is 20.2 Å². The Morgan fingerprint density at radius 1 is 1.21 bits per heavy atom. The number of nitrogens with two attached hydrogens (primary N) is 1. The molecule has 3 heterocycles. The van der Waals surface area contributed by atoms with Crippen LogP contribution in [0.1, 0.15) is 26.0 Å². The summed E-state index contributed by atoms with van der Waals surface area (Å²) in [5, 5.41) is 3.27. The first-order chi connectivity index (χ1) is 15.7. The first-order valence-corrected chi connectivity index (χ1v) is 10.8. The number of imidazole rings is 1. The van der Waals surface area contributed by atoms with Crippen LogP contribution in [0.3, 0.4) is 0 Å². The van der Waals surface area contributed by atoms with Crippen LogP contribution in [0.15, 0.2) is 36.5 Å². The summed E-state index contributed by atoms with van der Waals surface area (Å²) in [6, 6.07) is 8.26. The highest BCUT2D eigenvalue weighted by Gasteiger charge is 2.32. The molecule has 9 nitrogen and oxygen atoms in total. The Bertz CT molecular complexity index is 1070. The van der Waals surface area contributed by atoms with E-state index < -0.39 is 11.8 Å². The van der Waals surface area contributed by atoms with E-state index in [0.29, 0.717) is 54.7 Å². The zero-order valence-electron chi connectivity index (χ0n) is 19.3. The minimum absolute atomic E-state index is 0.305. The molecule has 1 aromatic carbocycles. The Kier molecular flexibility index (Phi) is 6.71. The van der Waals surface area contributed by atoms with Gasteiger partial charge in [0.15, 0.2) is 5.82 Å². The highest BCUT2D eigenvalue weighted by atomic mass is 19.1.